The molecule has 0 aromatic heterocycles. The molecular weight excluding hydrogens is 246 g/mol. The maximum atomic E-state index is 11.7. The Morgan fingerprint density at radius 2 is 2.06 bits per heavy atom. The van der Waals surface area contributed by atoms with Gasteiger partial charge in [-0.2, -0.15) is 0 Å². The third-order valence-corrected chi connectivity index (χ3v) is 3.60. The lowest BCUT2D eigenvalue weighted by Crippen LogP contribution is -2.33. The minimum atomic E-state index is 0.198. The van der Waals surface area contributed by atoms with Gasteiger partial charge in [0, 0.05) is 30.6 Å². The average molecular weight is 263 g/mol. The first kappa shape index (κ1) is 13.0. The Kier molecular flexibility index (Phi) is 3.97. The molecule has 0 aliphatic heterocycles. The Labute approximate surface area is 113 Å². The molecule has 1 aliphatic carbocycles. The molecule has 0 bridgehead atoms. The lowest BCUT2D eigenvalue weighted by Gasteiger charge is -2.21. The molecule has 1 aliphatic rings. The molecule has 4 heteroatoms. The van der Waals surface area contributed by atoms with E-state index in [9.17, 15) is 4.79 Å². The van der Waals surface area contributed by atoms with Crippen LogP contribution in [0.15, 0.2) is 18.2 Å². The molecule has 1 aromatic rings. The van der Waals surface area contributed by atoms with E-state index in [1.807, 2.05) is 36.9 Å². The predicted molar refractivity (Wildman–Crippen MR) is 75.2 cm³/mol. The Balaban J connectivity index is 2.21. The summed E-state index contributed by atoms with van der Waals surface area (Å²) in [7, 11) is 0. The summed E-state index contributed by atoms with van der Waals surface area (Å²) in [5, 5.41) is 0.479. The van der Waals surface area contributed by atoms with E-state index in [4.69, 9.17) is 17.0 Å². The van der Waals surface area contributed by atoms with Crippen molar-refractivity contribution in [1.82, 2.24) is 4.90 Å². The number of thiocarbonyl (C=S) groups is 1. The fourth-order valence-electron chi connectivity index (χ4n) is 2.19. The molecule has 0 unspecified atom stereocenters. The molecule has 0 N–H and O–H groups in total. The van der Waals surface area contributed by atoms with Gasteiger partial charge < -0.3 is 9.64 Å². The summed E-state index contributed by atoms with van der Waals surface area (Å²) in [5.41, 5.74) is 1.78. The Morgan fingerprint density at radius 3 is 2.72 bits per heavy atom. The molecule has 0 saturated carbocycles. The number of carbonyl (C=O) groups is 1. The monoisotopic (exact) mass is 263 g/mol. The highest BCUT2D eigenvalue weighted by molar-refractivity contribution is 7.80. The van der Waals surface area contributed by atoms with Crippen molar-refractivity contribution in [3.63, 3.8) is 0 Å². The summed E-state index contributed by atoms with van der Waals surface area (Å²) in [6.45, 7) is 5.72. The van der Waals surface area contributed by atoms with Gasteiger partial charge in [-0.1, -0.05) is 12.1 Å². The summed E-state index contributed by atoms with van der Waals surface area (Å²) in [4.78, 5) is 13.6. The molecule has 0 atom stereocenters. The third kappa shape index (κ3) is 2.38. The number of rotatable bonds is 3. The van der Waals surface area contributed by atoms with Crippen LogP contribution in [-0.4, -0.2) is 28.9 Å². The van der Waals surface area contributed by atoms with Gasteiger partial charge in [-0.15, -0.1) is 0 Å². The van der Waals surface area contributed by atoms with E-state index in [0.29, 0.717) is 11.6 Å². The van der Waals surface area contributed by atoms with Gasteiger partial charge in [-0.05, 0) is 38.6 Å². The average Bonchev–Trinajstić information content (AvgIpc) is 2.74. The number of fused-ring (bicyclic) bond motifs is 1. The molecule has 0 heterocycles. The molecule has 2 rings (SSSR count). The highest BCUT2D eigenvalue weighted by atomic mass is 32.1. The minimum absolute atomic E-state index is 0.198. The normalized spacial score (nSPS) is 13.3. The Hall–Kier alpha value is -1.42. The van der Waals surface area contributed by atoms with Gasteiger partial charge in [0.1, 0.15) is 5.75 Å². The van der Waals surface area contributed by atoms with Crippen molar-refractivity contribution < 1.29 is 9.53 Å². The molecule has 0 radical (unpaired) electrons. The number of nitrogens with zero attached hydrogens (tertiary/aromatic N) is 1. The van der Waals surface area contributed by atoms with Gasteiger partial charge in [0.05, 0.1) is 0 Å². The third-order valence-electron chi connectivity index (χ3n) is 3.25. The van der Waals surface area contributed by atoms with E-state index < -0.39 is 0 Å². The van der Waals surface area contributed by atoms with Crippen molar-refractivity contribution in [3.8, 4) is 5.75 Å². The maximum absolute atomic E-state index is 11.7. The van der Waals surface area contributed by atoms with Gasteiger partial charge in [-0.3, -0.25) is 4.79 Å². The van der Waals surface area contributed by atoms with Crippen LogP contribution in [0, 0.1) is 0 Å². The molecule has 1 aromatic carbocycles. The van der Waals surface area contributed by atoms with Gasteiger partial charge in [-0.25, -0.2) is 0 Å². The quantitative estimate of drug-likeness (QED) is 0.784. The largest absolute Gasteiger partial charge is 0.431 e. The summed E-state index contributed by atoms with van der Waals surface area (Å²) < 4.78 is 5.75. The van der Waals surface area contributed by atoms with Crippen molar-refractivity contribution in [2.24, 2.45) is 0 Å². The molecule has 0 saturated heterocycles. The molecule has 3 nitrogen and oxygen atoms in total. The van der Waals surface area contributed by atoms with Crippen LogP contribution in [0.2, 0.25) is 0 Å². The highest BCUT2D eigenvalue weighted by Gasteiger charge is 2.23. The summed E-state index contributed by atoms with van der Waals surface area (Å²) in [6, 6.07) is 5.59. The van der Waals surface area contributed by atoms with E-state index in [2.05, 4.69) is 0 Å². The predicted octanol–water partition coefficient (Wildman–Crippen LogP) is 2.82. The molecule has 0 amide bonds. The van der Waals surface area contributed by atoms with E-state index >= 15 is 0 Å². The van der Waals surface area contributed by atoms with Crippen LogP contribution < -0.4 is 4.74 Å². The highest BCUT2D eigenvalue weighted by Crippen LogP contribution is 2.30. The van der Waals surface area contributed by atoms with Crippen molar-refractivity contribution >= 4 is 23.2 Å². The smallest absolute Gasteiger partial charge is 0.264 e. The molecule has 96 valence electrons. The zero-order valence-corrected chi connectivity index (χ0v) is 11.5. The van der Waals surface area contributed by atoms with E-state index in [1.165, 1.54) is 0 Å². The van der Waals surface area contributed by atoms with Crippen molar-refractivity contribution in [2.45, 2.75) is 26.7 Å². The molecule has 0 spiro atoms. The van der Waals surface area contributed by atoms with Gasteiger partial charge in [0.2, 0.25) is 0 Å². The topological polar surface area (TPSA) is 29.5 Å². The Morgan fingerprint density at radius 1 is 1.33 bits per heavy atom. The zero-order chi connectivity index (χ0) is 13.1. The van der Waals surface area contributed by atoms with Crippen molar-refractivity contribution in [2.75, 3.05) is 13.1 Å². The van der Waals surface area contributed by atoms with E-state index in [-0.39, 0.29) is 5.78 Å². The second-order valence-corrected chi connectivity index (χ2v) is 4.59. The molecule has 0 fully saturated rings. The lowest BCUT2D eigenvalue weighted by atomic mass is 10.1. The molecule has 18 heavy (non-hydrogen) atoms. The first-order valence-electron chi connectivity index (χ1n) is 6.29. The van der Waals surface area contributed by atoms with Crippen LogP contribution in [0.25, 0.3) is 0 Å². The summed E-state index contributed by atoms with van der Waals surface area (Å²) >= 11 is 5.28. The summed E-state index contributed by atoms with van der Waals surface area (Å²) in [6.07, 6.45) is 1.33. The number of hydrogen-bond acceptors (Lipinski definition) is 3. The fourth-order valence-corrected chi connectivity index (χ4v) is 2.54. The fraction of sp³-hybridized carbons (Fsp3) is 0.429. The Bertz CT molecular complexity index is 481. The standard InChI is InChI=1S/C14H17NO2S/c1-3-15(4-2)14(18)17-13-7-5-6-10-11(13)8-9-12(10)16/h5-7H,3-4,8-9H2,1-2H3. The first-order valence-corrected chi connectivity index (χ1v) is 6.70. The number of Topliss-reactive ketones (excluding diaryl/α,β-unsaturated/α-hetero) is 1. The van der Waals surface area contributed by atoms with Gasteiger partial charge >= 0.3 is 0 Å². The van der Waals surface area contributed by atoms with Gasteiger partial charge in [0.25, 0.3) is 5.17 Å². The van der Waals surface area contributed by atoms with E-state index in [0.717, 1.165) is 36.4 Å². The van der Waals surface area contributed by atoms with E-state index in [1.54, 1.807) is 0 Å². The second-order valence-electron chi connectivity index (χ2n) is 4.25. The van der Waals surface area contributed by atoms with Crippen LogP contribution in [0.1, 0.15) is 36.2 Å². The van der Waals surface area contributed by atoms with Crippen molar-refractivity contribution in [1.29, 1.82) is 0 Å². The minimum Gasteiger partial charge on any atom is -0.431 e. The number of carbonyl (C=O) groups excluding carboxylic acids is 1. The zero-order valence-electron chi connectivity index (χ0n) is 10.7. The van der Waals surface area contributed by atoms with Crippen molar-refractivity contribution in [3.05, 3.63) is 29.3 Å². The number of ether oxygens (including phenoxy) is 1. The maximum Gasteiger partial charge on any atom is 0.264 e. The molecular formula is C14H17NO2S. The van der Waals surface area contributed by atoms with Crippen LogP contribution in [-0.2, 0) is 6.42 Å². The first-order chi connectivity index (χ1) is 8.67. The van der Waals surface area contributed by atoms with Crippen LogP contribution in [0.4, 0.5) is 0 Å². The number of benzene rings is 1. The van der Waals surface area contributed by atoms with Crippen LogP contribution >= 0.6 is 12.2 Å². The van der Waals surface area contributed by atoms with Crippen LogP contribution in [0.3, 0.4) is 0 Å². The van der Waals surface area contributed by atoms with Crippen LogP contribution in [0.5, 0.6) is 5.75 Å². The number of ketones is 1. The van der Waals surface area contributed by atoms with Gasteiger partial charge in [0.15, 0.2) is 5.78 Å². The second kappa shape index (κ2) is 5.48. The summed E-state index contributed by atoms with van der Waals surface area (Å²) in [5.74, 6) is 0.930. The SMILES string of the molecule is CCN(CC)C(=S)Oc1cccc2c1CCC2=O. The lowest BCUT2D eigenvalue weighted by molar-refractivity contribution is 0.0994. The number of hydrogen-bond donors (Lipinski definition) is 0.